The molecule has 5 rings (SSSR count). The Morgan fingerprint density at radius 2 is 1.36 bits per heavy atom. The second-order valence-electron chi connectivity index (χ2n) is 11.2. The number of carbonyl (C=O) groups is 2. The summed E-state index contributed by atoms with van der Waals surface area (Å²) in [6, 6.07) is 12.6. The van der Waals surface area contributed by atoms with Crippen molar-refractivity contribution >= 4 is 50.2 Å². The number of hydrogen-bond donors (Lipinski definition) is 0. The molecule has 3 heterocycles. The van der Waals surface area contributed by atoms with Crippen molar-refractivity contribution in [1.29, 1.82) is 0 Å². The van der Waals surface area contributed by atoms with Crippen molar-refractivity contribution in [2.45, 2.75) is 29.8 Å². The third-order valence-electron chi connectivity index (χ3n) is 7.73. The van der Waals surface area contributed by atoms with Crippen LogP contribution in [0.3, 0.4) is 0 Å². The number of benzene rings is 2. The topological polar surface area (TPSA) is 120 Å². The van der Waals surface area contributed by atoms with E-state index in [1.165, 1.54) is 14.1 Å². The highest BCUT2D eigenvalue weighted by atomic mass is 35.5. The van der Waals surface area contributed by atoms with Crippen LogP contribution in [0.4, 0.5) is 5.95 Å². The number of piperazine rings is 1. The largest absolute Gasteiger partial charge is 0.349 e. The Balaban J connectivity index is 1.55. The molecule has 0 aliphatic carbocycles. The van der Waals surface area contributed by atoms with Crippen LogP contribution in [-0.4, -0.2) is 103 Å². The summed E-state index contributed by atoms with van der Waals surface area (Å²) in [5.74, 6) is -0.0589. The average molecular weight is 636 g/mol. The summed E-state index contributed by atoms with van der Waals surface area (Å²) >= 11 is 6.13. The first-order valence-corrected chi connectivity index (χ1v) is 15.9. The first-order chi connectivity index (χ1) is 20.9. The van der Waals surface area contributed by atoms with Gasteiger partial charge in [-0.25, -0.2) is 18.4 Å². The van der Waals surface area contributed by atoms with Crippen molar-refractivity contribution in [3.8, 4) is 11.1 Å². The third kappa shape index (κ3) is 6.67. The number of halogens is 1. The highest BCUT2D eigenvalue weighted by Gasteiger charge is 2.43. The number of nitrogens with zero attached hydrogens (tertiary/aromatic N) is 7. The molecular formula is C31H34ClN7O4S. The lowest BCUT2D eigenvalue weighted by atomic mass is 10.0. The zero-order valence-electron chi connectivity index (χ0n) is 25.0. The van der Waals surface area contributed by atoms with Gasteiger partial charge in [-0.15, -0.1) is 0 Å². The maximum Gasteiger partial charge on any atom is 0.243 e. The van der Waals surface area contributed by atoms with Gasteiger partial charge in [-0.3, -0.25) is 14.6 Å². The fourth-order valence-electron chi connectivity index (χ4n) is 5.29. The molecule has 2 unspecified atom stereocenters. The van der Waals surface area contributed by atoms with Crippen molar-refractivity contribution < 1.29 is 18.0 Å². The van der Waals surface area contributed by atoms with Gasteiger partial charge in [0, 0.05) is 89.5 Å². The second-order valence-corrected chi connectivity index (χ2v) is 13.6. The Bertz CT molecular complexity index is 1740. The van der Waals surface area contributed by atoms with E-state index in [0.29, 0.717) is 11.0 Å². The van der Waals surface area contributed by atoms with Crippen molar-refractivity contribution in [3.63, 3.8) is 0 Å². The molecule has 44 heavy (non-hydrogen) atoms. The van der Waals surface area contributed by atoms with Crippen LogP contribution in [0.15, 0.2) is 78.2 Å². The summed E-state index contributed by atoms with van der Waals surface area (Å²) < 4.78 is 29.6. The van der Waals surface area contributed by atoms with E-state index in [0.717, 1.165) is 21.9 Å². The fourth-order valence-corrected chi connectivity index (χ4v) is 7.02. The normalized spacial score (nSPS) is 17.4. The number of aromatic nitrogens is 3. The van der Waals surface area contributed by atoms with Gasteiger partial charge < -0.3 is 14.7 Å². The molecule has 1 saturated heterocycles. The standard InChI is InChI=1S/C31H34ClN7O4S/c1-36(2)29(40)15-26-19-38(44(42,43)28-8-6-22-13-25(32)7-5-23(22)14-28)20-27(16-30(41)37(3)4)39(26)31-34-17-24(18-35-31)21-9-11-33-12-10-21/h5-14,17-18,26-27H,15-16,19-20H2,1-4H3. The molecule has 0 radical (unpaired) electrons. The number of sulfonamides is 1. The second kappa shape index (κ2) is 12.8. The minimum absolute atomic E-state index is 0.00262. The summed E-state index contributed by atoms with van der Waals surface area (Å²) in [4.78, 5) is 44.3. The van der Waals surface area contributed by atoms with Crippen molar-refractivity contribution in [3.05, 3.63) is 78.3 Å². The number of fused-ring (bicyclic) bond motifs is 1. The molecule has 0 N–H and O–H groups in total. The van der Waals surface area contributed by atoms with Crippen molar-refractivity contribution in [1.82, 2.24) is 29.1 Å². The number of amides is 2. The zero-order valence-corrected chi connectivity index (χ0v) is 26.5. The highest BCUT2D eigenvalue weighted by molar-refractivity contribution is 7.89. The molecule has 4 aromatic rings. The van der Waals surface area contributed by atoms with E-state index in [4.69, 9.17) is 11.6 Å². The average Bonchev–Trinajstić information content (AvgIpc) is 3.01. The number of carbonyl (C=O) groups excluding carboxylic acids is 2. The Labute approximate surface area is 262 Å². The molecule has 1 aliphatic heterocycles. The zero-order chi connectivity index (χ0) is 31.6. The van der Waals surface area contributed by atoms with Crippen LogP contribution in [0.25, 0.3) is 21.9 Å². The lowest BCUT2D eigenvalue weighted by Gasteiger charge is -2.46. The Hall–Kier alpha value is -4.13. The van der Waals surface area contributed by atoms with Crippen LogP contribution in [0, 0.1) is 0 Å². The van der Waals surface area contributed by atoms with Crippen LogP contribution >= 0.6 is 11.6 Å². The third-order valence-corrected chi connectivity index (χ3v) is 9.79. The summed E-state index contributed by atoms with van der Waals surface area (Å²) in [6.45, 7) is 0.00534. The molecule has 0 bridgehead atoms. The van der Waals surface area contributed by atoms with Crippen molar-refractivity contribution in [2.24, 2.45) is 0 Å². The van der Waals surface area contributed by atoms with Gasteiger partial charge in [0.15, 0.2) is 0 Å². The molecule has 1 aliphatic rings. The highest BCUT2D eigenvalue weighted by Crippen LogP contribution is 2.31. The lowest BCUT2D eigenvalue weighted by molar-refractivity contribution is -0.129. The monoisotopic (exact) mass is 635 g/mol. The van der Waals surface area contributed by atoms with E-state index < -0.39 is 22.1 Å². The minimum atomic E-state index is -4.01. The maximum atomic E-state index is 14.1. The molecule has 13 heteroatoms. The Morgan fingerprint density at radius 3 is 1.93 bits per heavy atom. The summed E-state index contributed by atoms with van der Waals surface area (Å²) in [7, 11) is 2.59. The van der Waals surface area contributed by atoms with Crippen LogP contribution in [0.2, 0.25) is 5.02 Å². The van der Waals surface area contributed by atoms with E-state index in [1.54, 1.807) is 89.4 Å². The van der Waals surface area contributed by atoms with E-state index >= 15 is 0 Å². The van der Waals surface area contributed by atoms with E-state index in [2.05, 4.69) is 15.0 Å². The molecule has 2 aromatic heterocycles. The number of rotatable bonds is 8. The molecule has 2 aromatic carbocycles. The molecule has 0 spiro atoms. The van der Waals surface area contributed by atoms with Gasteiger partial charge in [-0.05, 0) is 52.7 Å². The van der Waals surface area contributed by atoms with Gasteiger partial charge in [-0.2, -0.15) is 4.31 Å². The van der Waals surface area contributed by atoms with E-state index in [9.17, 15) is 18.0 Å². The molecule has 230 valence electrons. The van der Waals surface area contributed by atoms with Crippen LogP contribution in [-0.2, 0) is 19.6 Å². The molecule has 1 fully saturated rings. The van der Waals surface area contributed by atoms with E-state index in [1.807, 2.05) is 17.0 Å². The van der Waals surface area contributed by atoms with Gasteiger partial charge in [0.25, 0.3) is 0 Å². The predicted octanol–water partition coefficient (Wildman–Crippen LogP) is 3.55. The minimum Gasteiger partial charge on any atom is -0.349 e. The molecule has 2 atom stereocenters. The van der Waals surface area contributed by atoms with E-state index in [-0.39, 0.29) is 42.6 Å². The SMILES string of the molecule is CN(C)C(=O)CC1CN(S(=O)(=O)c2ccc3cc(Cl)ccc3c2)CC(CC(=O)N(C)C)N1c1ncc(-c2ccncc2)cn1. The maximum absolute atomic E-state index is 14.1. The van der Waals surface area contributed by atoms with Crippen LogP contribution < -0.4 is 4.90 Å². The predicted molar refractivity (Wildman–Crippen MR) is 170 cm³/mol. The molecule has 2 amide bonds. The quantitative estimate of drug-likeness (QED) is 0.288. The van der Waals surface area contributed by atoms with Gasteiger partial charge in [0.2, 0.25) is 27.8 Å². The van der Waals surface area contributed by atoms with Crippen molar-refractivity contribution in [2.75, 3.05) is 46.2 Å². The summed E-state index contributed by atoms with van der Waals surface area (Å²) in [5, 5.41) is 2.11. The van der Waals surface area contributed by atoms with Gasteiger partial charge >= 0.3 is 0 Å². The number of pyridine rings is 1. The Kier molecular flexibility index (Phi) is 9.14. The van der Waals surface area contributed by atoms with Crippen LogP contribution in [0.5, 0.6) is 0 Å². The molecule has 0 saturated carbocycles. The number of hydrogen-bond acceptors (Lipinski definition) is 8. The van der Waals surface area contributed by atoms with Gasteiger partial charge in [0.1, 0.15) is 0 Å². The van der Waals surface area contributed by atoms with Gasteiger partial charge in [0.05, 0.1) is 17.0 Å². The molecular weight excluding hydrogens is 602 g/mol. The number of anilines is 1. The first kappa shape index (κ1) is 31.3. The first-order valence-electron chi connectivity index (χ1n) is 14.0. The smallest absolute Gasteiger partial charge is 0.243 e. The lowest BCUT2D eigenvalue weighted by Crippen LogP contribution is -2.62. The summed E-state index contributed by atoms with van der Waals surface area (Å²) in [5.41, 5.74) is 1.66. The fraction of sp³-hybridized carbons (Fsp3) is 0.323. The molecule has 11 nitrogen and oxygen atoms in total. The summed E-state index contributed by atoms with van der Waals surface area (Å²) in [6.07, 6.45) is 6.71. The van der Waals surface area contributed by atoms with Gasteiger partial charge in [-0.1, -0.05) is 23.7 Å². The van der Waals surface area contributed by atoms with Crippen LogP contribution in [0.1, 0.15) is 12.8 Å². The Morgan fingerprint density at radius 1 is 0.818 bits per heavy atom.